The highest BCUT2D eigenvalue weighted by atomic mass is 79.9. The molecule has 0 aliphatic heterocycles. The van der Waals surface area contributed by atoms with Crippen molar-refractivity contribution < 1.29 is 0 Å². The van der Waals surface area contributed by atoms with Crippen LogP contribution in [0.4, 0.5) is 0 Å². The summed E-state index contributed by atoms with van der Waals surface area (Å²) in [6, 6.07) is 6.52. The van der Waals surface area contributed by atoms with Crippen LogP contribution in [0.25, 0.3) is 10.6 Å². The molecule has 94 valence electrons. The number of nitrogens with zero attached hydrogens (tertiary/aromatic N) is 1. The molecule has 1 aromatic carbocycles. The summed E-state index contributed by atoms with van der Waals surface area (Å²) in [6.45, 7) is 2.10. The summed E-state index contributed by atoms with van der Waals surface area (Å²) < 4.78 is 1.14. The summed E-state index contributed by atoms with van der Waals surface area (Å²) in [5, 5.41) is 1.10. The van der Waals surface area contributed by atoms with Crippen molar-refractivity contribution in [1.29, 1.82) is 0 Å². The topological polar surface area (TPSA) is 38.9 Å². The van der Waals surface area contributed by atoms with Crippen molar-refractivity contribution >= 4 is 27.3 Å². The quantitative estimate of drug-likeness (QED) is 0.853. The zero-order valence-corrected chi connectivity index (χ0v) is 12.6. The average Bonchev–Trinajstić information content (AvgIpc) is 2.78. The largest absolute Gasteiger partial charge is 0.323 e. The second-order valence-corrected chi connectivity index (χ2v) is 6.73. The molecule has 1 atom stereocenters. The molecule has 0 spiro atoms. The van der Waals surface area contributed by atoms with Gasteiger partial charge in [-0.15, -0.1) is 11.3 Å². The standard InChI is InChI=1S/C14H15BrN2S/c1-8-7-9(5-6-10(8)15)14-17-13-11(16)3-2-4-12(13)18-14/h5-7,11H,2-4,16H2,1H3. The van der Waals surface area contributed by atoms with Crippen LogP contribution in [-0.2, 0) is 6.42 Å². The molecule has 0 amide bonds. The van der Waals surface area contributed by atoms with Gasteiger partial charge in [0.15, 0.2) is 0 Å². The van der Waals surface area contributed by atoms with Gasteiger partial charge in [-0.2, -0.15) is 0 Å². The van der Waals surface area contributed by atoms with Gasteiger partial charge in [0.2, 0.25) is 0 Å². The minimum atomic E-state index is 0.135. The Morgan fingerprint density at radius 1 is 1.44 bits per heavy atom. The van der Waals surface area contributed by atoms with Gasteiger partial charge < -0.3 is 5.73 Å². The van der Waals surface area contributed by atoms with Crippen LogP contribution in [0.15, 0.2) is 22.7 Å². The summed E-state index contributed by atoms with van der Waals surface area (Å²) in [6.07, 6.45) is 3.39. The molecule has 2 aromatic rings. The van der Waals surface area contributed by atoms with Crippen molar-refractivity contribution in [3.63, 3.8) is 0 Å². The Morgan fingerprint density at radius 3 is 3.00 bits per heavy atom. The van der Waals surface area contributed by atoms with E-state index >= 15 is 0 Å². The molecule has 0 bridgehead atoms. The van der Waals surface area contributed by atoms with E-state index < -0.39 is 0 Å². The third-order valence-electron chi connectivity index (χ3n) is 3.40. The average molecular weight is 323 g/mol. The molecule has 1 unspecified atom stereocenters. The van der Waals surface area contributed by atoms with Gasteiger partial charge in [0.25, 0.3) is 0 Å². The van der Waals surface area contributed by atoms with Crippen LogP contribution >= 0.6 is 27.3 Å². The number of aromatic nitrogens is 1. The molecular weight excluding hydrogens is 308 g/mol. The van der Waals surface area contributed by atoms with E-state index in [0.717, 1.165) is 28.0 Å². The van der Waals surface area contributed by atoms with Crippen molar-refractivity contribution in [2.24, 2.45) is 5.73 Å². The van der Waals surface area contributed by atoms with E-state index in [1.54, 1.807) is 11.3 Å². The van der Waals surface area contributed by atoms with E-state index in [9.17, 15) is 0 Å². The molecule has 1 heterocycles. The van der Waals surface area contributed by atoms with E-state index in [1.165, 1.54) is 22.4 Å². The predicted octanol–water partition coefficient (Wildman–Crippen LogP) is 4.22. The normalized spacial score (nSPS) is 18.7. The van der Waals surface area contributed by atoms with Gasteiger partial charge in [-0.3, -0.25) is 0 Å². The SMILES string of the molecule is Cc1cc(-c2nc3c(s2)CCCC3N)ccc1Br. The minimum absolute atomic E-state index is 0.135. The smallest absolute Gasteiger partial charge is 0.123 e. The zero-order chi connectivity index (χ0) is 12.7. The van der Waals surface area contributed by atoms with Gasteiger partial charge in [-0.1, -0.05) is 22.0 Å². The fraction of sp³-hybridized carbons (Fsp3) is 0.357. The molecule has 1 aliphatic carbocycles. The lowest BCUT2D eigenvalue weighted by Gasteiger charge is -2.15. The number of aryl methyl sites for hydroxylation is 2. The monoisotopic (exact) mass is 322 g/mol. The molecule has 0 saturated carbocycles. The van der Waals surface area contributed by atoms with Crippen LogP contribution in [0.1, 0.15) is 35.0 Å². The molecule has 0 saturated heterocycles. The molecule has 4 heteroatoms. The lowest BCUT2D eigenvalue weighted by molar-refractivity contribution is 0.564. The molecule has 1 aliphatic rings. The van der Waals surface area contributed by atoms with Crippen LogP contribution < -0.4 is 5.73 Å². The molecule has 2 N–H and O–H groups in total. The van der Waals surface area contributed by atoms with Crippen LogP contribution in [0.5, 0.6) is 0 Å². The molecule has 0 radical (unpaired) electrons. The van der Waals surface area contributed by atoms with Gasteiger partial charge in [-0.25, -0.2) is 4.98 Å². The van der Waals surface area contributed by atoms with Crippen molar-refractivity contribution in [2.45, 2.75) is 32.2 Å². The van der Waals surface area contributed by atoms with Gasteiger partial charge in [0.05, 0.1) is 5.69 Å². The first kappa shape index (κ1) is 12.3. The minimum Gasteiger partial charge on any atom is -0.323 e. The third-order valence-corrected chi connectivity index (χ3v) is 5.47. The maximum absolute atomic E-state index is 6.13. The Bertz CT molecular complexity index is 591. The molecule has 3 rings (SSSR count). The number of benzene rings is 1. The Hall–Kier alpha value is -0.710. The first-order valence-corrected chi connectivity index (χ1v) is 7.78. The van der Waals surface area contributed by atoms with E-state index in [-0.39, 0.29) is 6.04 Å². The zero-order valence-electron chi connectivity index (χ0n) is 10.2. The van der Waals surface area contributed by atoms with Crippen molar-refractivity contribution in [1.82, 2.24) is 4.98 Å². The molecule has 1 aromatic heterocycles. The number of rotatable bonds is 1. The summed E-state index contributed by atoms with van der Waals surface area (Å²) in [4.78, 5) is 6.13. The van der Waals surface area contributed by atoms with Crippen molar-refractivity contribution in [2.75, 3.05) is 0 Å². The van der Waals surface area contributed by atoms with Gasteiger partial charge in [0, 0.05) is 21.0 Å². The number of nitrogens with two attached hydrogens (primary N) is 1. The van der Waals surface area contributed by atoms with Crippen molar-refractivity contribution in [3.8, 4) is 10.6 Å². The summed E-state index contributed by atoms with van der Waals surface area (Å²) in [5.41, 5.74) is 9.69. The predicted molar refractivity (Wildman–Crippen MR) is 79.9 cm³/mol. The number of hydrogen-bond acceptors (Lipinski definition) is 3. The highest BCUT2D eigenvalue weighted by Gasteiger charge is 2.22. The molecule has 18 heavy (non-hydrogen) atoms. The second kappa shape index (κ2) is 4.76. The van der Waals surface area contributed by atoms with E-state index in [2.05, 4.69) is 41.1 Å². The number of halogens is 1. The third kappa shape index (κ3) is 2.13. The fourth-order valence-electron chi connectivity index (χ4n) is 2.35. The first-order valence-electron chi connectivity index (χ1n) is 6.17. The fourth-order valence-corrected chi connectivity index (χ4v) is 3.77. The first-order chi connectivity index (χ1) is 8.65. The number of thiazole rings is 1. The van der Waals surface area contributed by atoms with Crippen LogP contribution in [-0.4, -0.2) is 4.98 Å². The molecule has 0 fully saturated rings. The highest BCUT2D eigenvalue weighted by molar-refractivity contribution is 9.10. The van der Waals surface area contributed by atoms with Gasteiger partial charge in [0.1, 0.15) is 5.01 Å². The Morgan fingerprint density at radius 2 is 2.28 bits per heavy atom. The Kier molecular flexibility index (Phi) is 3.26. The van der Waals surface area contributed by atoms with Crippen LogP contribution in [0, 0.1) is 6.92 Å². The van der Waals surface area contributed by atoms with Crippen LogP contribution in [0.3, 0.4) is 0 Å². The van der Waals surface area contributed by atoms with E-state index in [4.69, 9.17) is 10.7 Å². The van der Waals surface area contributed by atoms with Crippen molar-refractivity contribution in [3.05, 3.63) is 38.8 Å². The maximum Gasteiger partial charge on any atom is 0.123 e. The van der Waals surface area contributed by atoms with Crippen LogP contribution in [0.2, 0.25) is 0 Å². The molecular formula is C14H15BrN2S. The Balaban J connectivity index is 2.04. The Labute approximate surface area is 119 Å². The summed E-state index contributed by atoms with van der Waals surface area (Å²) >= 11 is 5.33. The number of hydrogen-bond donors (Lipinski definition) is 1. The maximum atomic E-state index is 6.13. The summed E-state index contributed by atoms with van der Waals surface area (Å²) in [5.74, 6) is 0. The lowest BCUT2D eigenvalue weighted by atomic mass is 9.99. The molecule has 2 nitrogen and oxygen atoms in total. The van der Waals surface area contributed by atoms with Gasteiger partial charge >= 0.3 is 0 Å². The summed E-state index contributed by atoms with van der Waals surface area (Å²) in [7, 11) is 0. The highest BCUT2D eigenvalue weighted by Crippen LogP contribution is 2.36. The number of fused-ring (bicyclic) bond motifs is 1. The lowest BCUT2D eigenvalue weighted by Crippen LogP contribution is -2.16. The second-order valence-electron chi connectivity index (χ2n) is 4.79. The van der Waals surface area contributed by atoms with Gasteiger partial charge in [-0.05, 0) is 43.9 Å². The van der Waals surface area contributed by atoms with E-state index in [1.807, 2.05) is 0 Å². The van der Waals surface area contributed by atoms with E-state index in [0.29, 0.717) is 0 Å².